The fourth-order valence-electron chi connectivity index (χ4n) is 3.65. The summed E-state index contributed by atoms with van der Waals surface area (Å²) in [6, 6.07) is 2.27. The molecule has 0 fully saturated rings. The van der Waals surface area contributed by atoms with Crippen molar-refractivity contribution < 1.29 is 9.53 Å². The van der Waals surface area contributed by atoms with E-state index in [-0.39, 0.29) is 17.8 Å². The molecule has 7 nitrogen and oxygen atoms in total. The molecule has 3 N–H and O–H groups in total. The number of carbonyl (C=O) groups excluding carboxylic acids is 1. The number of nitriles is 1. The van der Waals surface area contributed by atoms with Crippen molar-refractivity contribution >= 4 is 5.78 Å². The van der Waals surface area contributed by atoms with Gasteiger partial charge in [-0.05, 0) is 11.8 Å². The molecule has 0 radical (unpaired) electrons. The number of hydrogen-bond acceptors (Lipinski definition) is 7. The Kier molecular flexibility index (Phi) is 5.16. The highest BCUT2D eigenvalue weighted by Gasteiger charge is 2.41. The first-order valence-corrected chi connectivity index (χ1v) is 8.66. The molecule has 1 aromatic rings. The quantitative estimate of drug-likeness (QED) is 0.772. The van der Waals surface area contributed by atoms with Crippen LogP contribution in [0.15, 0.2) is 41.3 Å². The van der Waals surface area contributed by atoms with Gasteiger partial charge >= 0.3 is 0 Å². The van der Waals surface area contributed by atoms with Crippen LogP contribution in [0.3, 0.4) is 0 Å². The molecule has 1 atom stereocenters. The number of ether oxygens (including phenoxy) is 1. The lowest BCUT2D eigenvalue weighted by Crippen LogP contribution is -2.38. The van der Waals surface area contributed by atoms with E-state index in [9.17, 15) is 10.1 Å². The molecular formula is C19H23N5O2. The maximum absolute atomic E-state index is 12.9. The van der Waals surface area contributed by atoms with E-state index in [4.69, 9.17) is 10.5 Å². The van der Waals surface area contributed by atoms with Gasteiger partial charge in [-0.1, -0.05) is 13.8 Å². The Hall–Kier alpha value is -2.56. The standard InChI is InChI=1S/C19H23N5O2/c1-19(2)5-14-18(16(25)6-19)17(12-8-22-11-23-9-12)13(7-21)15(24-14)10-26-4-3-20/h8-9,11,17,24H,3-6,10,20H2,1-2H3. The van der Waals surface area contributed by atoms with Crippen molar-refractivity contribution in [3.05, 3.63) is 46.8 Å². The number of nitrogens with zero attached hydrogens (tertiary/aromatic N) is 3. The molecule has 0 bridgehead atoms. The van der Waals surface area contributed by atoms with E-state index < -0.39 is 5.92 Å². The van der Waals surface area contributed by atoms with Gasteiger partial charge in [-0.15, -0.1) is 0 Å². The Morgan fingerprint density at radius 3 is 2.77 bits per heavy atom. The summed E-state index contributed by atoms with van der Waals surface area (Å²) in [5, 5.41) is 13.1. The number of dihydropyridines is 1. The largest absolute Gasteiger partial charge is 0.374 e. The zero-order valence-corrected chi connectivity index (χ0v) is 15.1. The molecule has 0 aromatic carbocycles. The Morgan fingerprint density at radius 2 is 2.12 bits per heavy atom. The van der Waals surface area contributed by atoms with Gasteiger partial charge in [0.15, 0.2) is 5.78 Å². The normalized spacial score (nSPS) is 21.9. The topological polar surface area (TPSA) is 114 Å². The van der Waals surface area contributed by atoms with E-state index in [0.29, 0.717) is 36.4 Å². The minimum atomic E-state index is -0.461. The van der Waals surface area contributed by atoms with Gasteiger partial charge in [-0.2, -0.15) is 5.26 Å². The molecule has 0 saturated heterocycles. The van der Waals surface area contributed by atoms with Crippen LogP contribution in [0.1, 0.15) is 38.2 Å². The number of nitrogens with one attached hydrogen (secondary N) is 1. The summed E-state index contributed by atoms with van der Waals surface area (Å²) >= 11 is 0. The molecule has 1 aromatic heterocycles. The Labute approximate surface area is 153 Å². The van der Waals surface area contributed by atoms with Crippen molar-refractivity contribution in [1.29, 1.82) is 5.26 Å². The predicted octanol–water partition coefficient (Wildman–Crippen LogP) is 1.56. The smallest absolute Gasteiger partial charge is 0.162 e. The Balaban J connectivity index is 2.09. The van der Waals surface area contributed by atoms with Crippen LogP contribution >= 0.6 is 0 Å². The third-order valence-corrected chi connectivity index (χ3v) is 4.67. The van der Waals surface area contributed by atoms with Gasteiger partial charge in [0.25, 0.3) is 0 Å². The summed E-state index contributed by atoms with van der Waals surface area (Å²) in [5.41, 5.74) is 8.77. The van der Waals surface area contributed by atoms with Gasteiger partial charge < -0.3 is 15.8 Å². The lowest BCUT2D eigenvalue weighted by molar-refractivity contribution is -0.118. The molecule has 136 valence electrons. The maximum atomic E-state index is 12.9. The van der Waals surface area contributed by atoms with E-state index in [1.54, 1.807) is 12.4 Å². The molecule has 7 heteroatoms. The van der Waals surface area contributed by atoms with E-state index in [2.05, 4.69) is 35.2 Å². The number of rotatable bonds is 5. The molecular weight excluding hydrogens is 330 g/mol. The van der Waals surface area contributed by atoms with Crippen LogP contribution in [0.25, 0.3) is 0 Å². The number of aromatic nitrogens is 2. The summed E-state index contributed by atoms with van der Waals surface area (Å²) in [6.07, 6.45) is 5.95. The highest BCUT2D eigenvalue weighted by atomic mass is 16.5. The lowest BCUT2D eigenvalue weighted by atomic mass is 9.69. The molecule has 3 rings (SSSR count). The van der Waals surface area contributed by atoms with Crippen molar-refractivity contribution in [3.8, 4) is 6.07 Å². The highest BCUT2D eigenvalue weighted by molar-refractivity contribution is 6.00. The van der Waals surface area contributed by atoms with Crippen LogP contribution in [-0.4, -0.2) is 35.5 Å². The molecule has 1 aliphatic heterocycles. The zero-order valence-electron chi connectivity index (χ0n) is 15.1. The van der Waals surface area contributed by atoms with Crippen molar-refractivity contribution in [3.63, 3.8) is 0 Å². The molecule has 1 unspecified atom stereocenters. The monoisotopic (exact) mass is 353 g/mol. The first-order chi connectivity index (χ1) is 12.5. The van der Waals surface area contributed by atoms with E-state index in [1.165, 1.54) is 6.33 Å². The molecule has 0 amide bonds. The van der Waals surface area contributed by atoms with Crippen LogP contribution < -0.4 is 11.1 Å². The summed E-state index contributed by atoms with van der Waals surface area (Å²) < 4.78 is 5.56. The molecule has 1 aliphatic carbocycles. The molecule has 2 heterocycles. The van der Waals surface area contributed by atoms with Crippen LogP contribution in [0.4, 0.5) is 0 Å². The van der Waals surface area contributed by atoms with Crippen molar-refractivity contribution in [1.82, 2.24) is 15.3 Å². The fourth-order valence-corrected chi connectivity index (χ4v) is 3.65. The summed E-state index contributed by atoms with van der Waals surface area (Å²) in [6.45, 7) is 5.20. The molecule has 2 aliphatic rings. The Bertz CT molecular complexity index is 805. The third kappa shape index (κ3) is 3.52. The minimum Gasteiger partial charge on any atom is -0.374 e. The van der Waals surface area contributed by atoms with Gasteiger partial charge in [0, 0.05) is 42.2 Å². The van der Waals surface area contributed by atoms with Gasteiger partial charge in [0.2, 0.25) is 0 Å². The SMILES string of the molecule is CC1(C)CC(=O)C2=C(C1)NC(COCCN)=C(C#N)C2c1cncnc1. The minimum absolute atomic E-state index is 0.0623. The van der Waals surface area contributed by atoms with Gasteiger partial charge in [-0.25, -0.2) is 9.97 Å². The third-order valence-electron chi connectivity index (χ3n) is 4.67. The molecule has 0 saturated carbocycles. The fraction of sp³-hybridized carbons (Fsp3) is 0.474. The van der Waals surface area contributed by atoms with Crippen molar-refractivity contribution in [2.24, 2.45) is 11.1 Å². The molecule has 0 spiro atoms. The van der Waals surface area contributed by atoms with Gasteiger partial charge in [-0.3, -0.25) is 4.79 Å². The van der Waals surface area contributed by atoms with E-state index in [1.807, 2.05) is 0 Å². The second-order valence-electron chi connectivity index (χ2n) is 7.41. The van der Waals surface area contributed by atoms with Crippen LogP contribution in [-0.2, 0) is 9.53 Å². The Morgan fingerprint density at radius 1 is 1.38 bits per heavy atom. The summed E-state index contributed by atoms with van der Waals surface area (Å²) in [5.74, 6) is -0.398. The van der Waals surface area contributed by atoms with Crippen LogP contribution in [0.2, 0.25) is 0 Å². The lowest BCUT2D eigenvalue weighted by Gasteiger charge is -2.39. The number of hydrogen-bond donors (Lipinski definition) is 2. The number of Topliss-reactive ketones (excluding diaryl/α,β-unsaturated/α-hetero) is 1. The average Bonchev–Trinajstić information content (AvgIpc) is 2.60. The zero-order chi connectivity index (χ0) is 18.7. The van der Waals surface area contributed by atoms with Gasteiger partial charge in [0.1, 0.15) is 6.33 Å². The number of carbonyl (C=O) groups is 1. The number of allylic oxidation sites excluding steroid dienone is 3. The highest BCUT2D eigenvalue weighted by Crippen LogP contribution is 2.46. The van der Waals surface area contributed by atoms with Crippen molar-refractivity contribution in [2.45, 2.75) is 32.6 Å². The first-order valence-electron chi connectivity index (χ1n) is 8.66. The van der Waals surface area contributed by atoms with Crippen LogP contribution in [0, 0.1) is 16.7 Å². The van der Waals surface area contributed by atoms with E-state index >= 15 is 0 Å². The second-order valence-corrected chi connectivity index (χ2v) is 7.41. The average molecular weight is 353 g/mol. The maximum Gasteiger partial charge on any atom is 0.162 e. The van der Waals surface area contributed by atoms with Gasteiger partial charge in [0.05, 0.1) is 36.5 Å². The molecule has 26 heavy (non-hydrogen) atoms. The van der Waals surface area contributed by atoms with Crippen molar-refractivity contribution in [2.75, 3.05) is 19.8 Å². The summed E-state index contributed by atoms with van der Waals surface area (Å²) in [4.78, 5) is 21.1. The summed E-state index contributed by atoms with van der Waals surface area (Å²) in [7, 11) is 0. The number of nitrogens with two attached hydrogens (primary N) is 1. The van der Waals surface area contributed by atoms with E-state index in [0.717, 1.165) is 17.7 Å². The predicted molar refractivity (Wildman–Crippen MR) is 95.5 cm³/mol. The number of ketones is 1. The first kappa shape index (κ1) is 18.2. The van der Waals surface area contributed by atoms with Crippen LogP contribution in [0.5, 0.6) is 0 Å². The second kappa shape index (κ2) is 7.36.